The third-order valence-electron chi connectivity index (χ3n) is 16.7. The van der Waals surface area contributed by atoms with Crippen LogP contribution < -0.4 is 0 Å². The van der Waals surface area contributed by atoms with Gasteiger partial charge in [-0.1, -0.05) is 46.8 Å². The Kier molecular flexibility index (Phi) is 12.9. The first-order chi connectivity index (χ1) is 26.4. The topological polar surface area (TPSA) is 248 Å². The molecular formula is C42H72O15. The van der Waals surface area contributed by atoms with Crippen LogP contribution >= 0.6 is 0 Å². The summed E-state index contributed by atoms with van der Waals surface area (Å²) >= 11 is 0. The first-order valence-corrected chi connectivity index (χ1v) is 21.1. The third-order valence-corrected chi connectivity index (χ3v) is 16.7. The van der Waals surface area contributed by atoms with Crippen LogP contribution in [0.3, 0.4) is 0 Å². The summed E-state index contributed by atoms with van der Waals surface area (Å²) in [6.45, 7) is 15.5. The first-order valence-electron chi connectivity index (χ1n) is 21.1. The average Bonchev–Trinajstić information content (AvgIpc) is 3.53. The quantitative estimate of drug-likeness (QED) is 0.0616. The molecule has 6 rings (SSSR count). The lowest BCUT2D eigenvalue weighted by molar-refractivity contribution is -0.378. The summed E-state index contributed by atoms with van der Waals surface area (Å²) in [5.74, 6) is 0.112. The smallest absolute Gasteiger partial charge is 0.187 e. The maximum atomic E-state index is 12.2. The number of hydrogen-bond acceptors (Lipinski definition) is 15. The molecule has 2 heterocycles. The van der Waals surface area contributed by atoms with Gasteiger partial charge in [-0.2, -0.15) is 0 Å². The normalized spacial score (nSPS) is 51.2. The van der Waals surface area contributed by atoms with E-state index in [9.17, 15) is 51.2 Å². The van der Waals surface area contributed by atoms with E-state index in [2.05, 4.69) is 39.5 Å². The molecule has 6 aliphatic rings. The second-order valence-corrected chi connectivity index (χ2v) is 20.6. The van der Waals surface area contributed by atoms with Crippen molar-refractivity contribution in [3.8, 4) is 0 Å². The minimum absolute atomic E-state index is 0.0950. The van der Waals surface area contributed by atoms with Crippen LogP contribution in [0.2, 0.25) is 0 Å². The van der Waals surface area contributed by atoms with Crippen molar-refractivity contribution >= 4 is 0 Å². The van der Waals surface area contributed by atoms with Gasteiger partial charge in [0.05, 0.1) is 31.0 Å². The zero-order valence-electron chi connectivity index (χ0n) is 35.0. The Morgan fingerprint density at radius 3 is 1.91 bits per heavy atom. The molecule has 2 aliphatic heterocycles. The molecular weight excluding hydrogens is 744 g/mol. The van der Waals surface area contributed by atoms with E-state index >= 15 is 0 Å². The molecule has 2 saturated heterocycles. The fourth-order valence-corrected chi connectivity index (χ4v) is 13.2. The minimum Gasteiger partial charge on any atom is -0.394 e. The molecule has 0 aromatic rings. The van der Waals surface area contributed by atoms with Crippen LogP contribution in [0.1, 0.15) is 107 Å². The number of aliphatic hydroxyl groups is 9. The number of aliphatic hydroxyl groups excluding tert-OH is 8. The zero-order chi connectivity index (χ0) is 42.3. The third kappa shape index (κ3) is 7.60. The molecule has 57 heavy (non-hydrogen) atoms. The molecule has 6 fully saturated rings. The van der Waals surface area contributed by atoms with Crippen LogP contribution in [-0.4, -0.2) is 149 Å². The number of ether oxygens (including phenoxy) is 4. The van der Waals surface area contributed by atoms with Crippen LogP contribution in [0, 0.1) is 45.3 Å². The summed E-state index contributed by atoms with van der Waals surface area (Å²) in [4.78, 5) is 4.56. The van der Waals surface area contributed by atoms with Crippen LogP contribution in [0.5, 0.6) is 0 Å². The predicted molar refractivity (Wildman–Crippen MR) is 204 cm³/mol. The Bertz CT molecular complexity index is 1420. The molecule has 4 aliphatic carbocycles. The summed E-state index contributed by atoms with van der Waals surface area (Å²) in [5, 5.41) is 107. The Labute approximate surface area is 336 Å². The van der Waals surface area contributed by atoms with Crippen molar-refractivity contribution in [2.45, 2.75) is 192 Å². The van der Waals surface area contributed by atoms with E-state index in [1.54, 1.807) is 19.9 Å². The number of rotatable bonds is 11. The van der Waals surface area contributed by atoms with Gasteiger partial charge in [0.25, 0.3) is 0 Å². The average molecular weight is 817 g/mol. The molecule has 4 saturated carbocycles. The van der Waals surface area contributed by atoms with Crippen molar-refractivity contribution in [2.24, 2.45) is 45.3 Å². The maximum Gasteiger partial charge on any atom is 0.187 e. The van der Waals surface area contributed by atoms with Gasteiger partial charge in [0.15, 0.2) is 12.6 Å². The largest absolute Gasteiger partial charge is 0.394 e. The second kappa shape index (κ2) is 16.1. The van der Waals surface area contributed by atoms with Gasteiger partial charge in [-0.3, -0.25) is 5.26 Å². The van der Waals surface area contributed by atoms with Gasteiger partial charge < -0.3 is 64.9 Å². The molecule has 0 unspecified atom stereocenters. The fraction of sp³-hybridized carbons (Fsp3) is 0.952. The van der Waals surface area contributed by atoms with Crippen LogP contribution in [-0.2, 0) is 23.8 Å². The Hall–Kier alpha value is -0.860. The molecule has 0 amide bonds. The Morgan fingerprint density at radius 2 is 1.30 bits per heavy atom. The van der Waals surface area contributed by atoms with Gasteiger partial charge in [-0.05, 0) is 117 Å². The van der Waals surface area contributed by atoms with Gasteiger partial charge in [-0.15, -0.1) is 0 Å². The molecule has 20 atom stereocenters. The van der Waals surface area contributed by atoms with E-state index < -0.39 is 103 Å². The lowest BCUT2D eigenvalue weighted by Crippen LogP contribution is -2.68. The summed E-state index contributed by atoms with van der Waals surface area (Å²) in [6.07, 6.45) is -6.86. The van der Waals surface area contributed by atoms with E-state index in [4.69, 9.17) is 18.9 Å². The highest BCUT2D eigenvalue weighted by molar-refractivity contribution is 5.20. The van der Waals surface area contributed by atoms with Gasteiger partial charge in [0, 0.05) is 0 Å². The molecule has 15 heteroatoms. The number of fused-ring (bicyclic) bond motifs is 5. The molecule has 10 N–H and O–H groups in total. The van der Waals surface area contributed by atoms with E-state index in [0.29, 0.717) is 19.3 Å². The fourth-order valence-electron chi connectivity index (χ4n) is 13.2. The van der Waals surface area contributed by atoms with Gasteiger partial charge in [0.1, 0.15) is 54.4 Å². The van der Waals surface area contributed by atoms with Crippen LogP contribution in [0.25, 0.3) is 0 Å². The molecule has 0 aromatic heterocycles. The molecule has 0 radical (unpaired) electrons. The SMILES string of the molecule is CC(C)(/C=C/C[C@](C)(O)[C@H]1CC[C@]2(C)[C@@H]1[C@H](O)C[C@@H]1[C@@]3(C)CC[C@H](O[C@@H]4O[C@H](CO)[C@@H](O)[C@H](O)[C@H]4O[C@@H]4O[C@H](CO)[C@@H](O)[C@H](O)[C@H]4O)C(C)(C)[C@@H]3CC[C@]12C)OO. The maximum absolute atomic E-state index is 12.2. The monoisotopic (exact) mass is 816 g/mol. The first kappa shape index (κ1) is 45.7. The van der Waals surface area contributed by atoms with Crippen molar-refractivity contribution < 1.29 is 75.1 Å². The van der Waals surface area contributed by atoms with Crippen molar-refractivity contribution in [3.05, 3.63) is 12.2 Å². The molecule has 0 aromatic carbocycles. The zero-order valence-corrected chi connectivity index (χ0v) is 35.0. The van der Waals surface area contributed by atoms with Crippen molar-refractivity contribution in [1.82, 2.24) is 0 Å². The van der Waals surface area contributed by atoms with E-state index in [1.807, 2.05) is 13.0 Å². The second-order valence-electron chi connectivity index (χ2n) is 20.6. The van der Waals surface area contributed by atoms with Crippen molar-refractivity contribution in [1.29, 1.82) is 0 Å². The van der Waals surface area contributed by atoms with Crippen LogP contribution in [0.15, 0.2) is 12.2 Å². The number of hydrogen-bond donors (Lipinski definition) is 10. The Morgan fingerprint density at radius 1 is 0.702 bits per heavy atom. The molecule has 0 bridgehead atoms. The lowest BCUT2D eigenvalue weighted by atomic mass is 9.35. The highest BCUT2D eigenvalue weighted by Crippen LogP contribution is 2.76. The lowest BCUT2D eigenvalue weighted by Gasteiger charge is -2.70. The molecule has 15 nitrogen and oxygen atoms in total. The summed E-state index contributed by atoms with van der Waals surface area (Å²) in [6, 6.07) is 0. The summed E-state index contributed by atoms with van der Waals surface area (Å²) in [7, 11) is 0. The van der Waals surface area contributed by atoms with Crippen LogP contribution in [0.4, 0.5) is 0 Å². The highest BCUT2D eigenvalue weighted by atomic mass is 17.1. The predicted octanol–water partition coefficient (Wildman–Crippen LogP) is 1.62. The molecule has 330 valence electrons. The van der Waals surface area contributed by atoms with Gasteiger partial charge in [0.2, 0.25) is 0 Å². The minimum atomic E-state index is -1.77. The van der Waals surface area contributed by atoms with E-state index in [1.165, 1.54) is 0 Å². The molecule has 0 spiro atoms. The summed E-state index contributed by atoms with van der Waals surface area (Å²) < 4.78 is 24.3. The van der Waals surface area contributed by atoms with Gasteiger partial charge >= 0.3 is 0 Å². The van der Waals surface area contributed by atoms with Crippen molar-refractivity contribution in [3.63, 3.8) is 0 Å². The van der Waals surface area contributed by atoms with E-state index in [-0.39, 0.29) is 39.9 Å². The van der Waals surface area contributed by atoms with Gasteiger partial charge in [-0.25, -0.2) is 4.89 Å². The standard InChI is InChI=1S/C42H72O15/c1-37(2,57-52)13-9-14-42(8,51)21-10-16-41(7)28(21)22(45)18-26-39(5)15-12-27(38(3,4)25(39)11-17-40(26,41)6)55-36-34(32(49)30(47)24(20-44)54-36)56-35-33(50)31(48)29(46)23(19-43)53-35/h9,13,21-36,43-52H,10-12,14-20H2,1-8H3/b13-9+/t21-,22+,23+,24+,25-,26+,27-,28-,29+,30+,31-,32-,33+,34+,35-,36-,39-,40+,41+,42-/m0/s1. The van der Waals surface area contributed by atoms with Crippen molar-refractivity contribution in [2.75, 3.05) is 13.2 Å². The van der Waals surface area contributed by atoms with E-state index in [0.717, 1.165) is 32.1 Å². The summed E-state index contributed by atoms with van der Waals surface area (Å²) in [5.41, 5.74) is -2.96. The Balaban J connectivity index is 1.22. The highest BCUT2D eigenvalue weighted by Gasteiger charge is 2.71.